The van der Waals surface area contributed by atoms with E-state index in [0.29, 0.717) is 11.5 Å². The highest BCUT2D eigenvalue weighted by atomic mass is 16.1. The lowest BCUT2D eigenvalue weighted by atomic mass is 10.0. The molecule has 0 unspecified atom stereocenters. The van der Waals surface area contributed by atoms with Crippen molar-refractivity contribution in [3.05, 3.63) is 71.5 Å². The first-order chi connectivity index (χ1) is 14.9. The van der Waals surface area contributed by atoms with Gasteiger partial charge in [-0.25, -0.2) is 9.97 Å². The number of nitrogens with one attached hydrogen (secondary N) is 1. The lowest BCUT2D eigenvalue weighted by Crippen LogP contribution is -2.16. The second-order valence-corrected chi connectivity index (χ2v) is 7.68. The minimum atomic E-state index is -0.225. The van der Waals surface area contributed by atoms with E-state index in [0.717, 1.165) is 44.6 Å². The molecule has 1 N–H and O–H groups in total. The number of fused-ring (bicyclic) bond motifs is 2. The Balaban J connectivity index is 1.64. The summed E-state index contributed by atoms with van der Waals surface area (Å²) >= 11 is 0. The number of anilines is 1. The van der Waals surface area contributed by atoms with Gasteiger partial charge >= 0.3 is 0 Å². The van der Waals surface area contributed by atoms with E-state index in [9.17, 15) is 4.79 Å². The van der Waals surface area contributed by atoms with Gasteiger partial charge in [-0.15, -0.1) is 0 Å². The van der Waals surface area contributed by atoms with Crippen LogP contribution in [0.25, 0.3) is 33.2 Å². The molecule has 7 heteroatoms. The van der Waals surface area contributed by atoms with Crippen molar-refractivity contribution in [3.8, 4) is 11.3 Å². The van der Waals surface area contributed by atoms with Crippen LogP contribution in [0.5, 0.6) is 0 Å². The quantitative estimate of drug-likeness (QED) is 0.478. The molecule has 7 nitrogen and oxygen atoms in total. The maximum atomic E-state index is 13.4. The fourth-order valence-corrected chi connectivity index (χ4v) is 4.06. The van der Waals surface area contributed by atoms with E-state index in [-0.39, 0.29) is 5.91 Å². The molecule has 0 aliphatic rings. The van der Waals surface area contributed by atoms with Gasteiger partial charge in [-0.05, 0) is 38.1 Å². The predicted octanol–water partition coefficient (Wildman–Crippen LogP) is 4.39. The minimum absolute atomic E-state index is 0.225. The van der Waals surface area contributed by atoms with Gasteiger partial charge in [0.05, 0.1) is 33.5 Å². The number of nitrogens with zero attached hydrogens (tertiary/aromatic N) is 5. The van der Waals surface area contributed by atoms with Crippen LogP contribution in [0, 0.1) is 13.8 Å². The molecule has 154 valence electrons. The topological polar surface area (TPSA) is 77.6 Å². The van der Waals surface area contributed by atoms with Crippen LogP contribution in [0.4, 0.5) is 5.95 Å². The van der Waals surface area contributed by atoms with Crippen LogP contribution in [0.15, 0.2) is 54.6 Å². The maximum absolute atomic E-state index is 13.4. The number of aryl methyl sites for hydroxylation is 3. The SMILES string of the molecule is Cc1nn(C)c(C)c1-c1cc(C(=O)Nc2nc3ccccc3n2C)c2ccccc2n1. The Labute approximate surface area is 179 Å². The van der Waals surface area contributed by atoms with E-state index >= 15 is 0 Å². The lowest BCUT2D eigenvalue weighted by Gasteiger charge is -2.11. The molecule has 0 saturated heterocycles. The number of rotatable bonds is 3. The van der Waals surface area contributed by atoms with Crippen LogP contribution in [-0.2, 0) is 14.1 Å². The molecule has 1 amide bonds. The summed E-state index contributed by atoms with van der Waals surface area (Å²) in [5.74, 6) is 0.278. The Morgan fingerprint density at radius 2 is 1.65 bits per heavy atom. The first-order valence-electron chi connectivity index (χ1n) is 10.1. The highest BCUT2D eigenvalue weighted by Gasteiger charge is 2.19. The molecule has 0 saturated carbocycles. The van der Waals surface area contributed by atoms with E-state index in [1.165, 1.54) is 0 Å². The summed E-state index contributed by atoms with van der Waals surface area (Å²) in [5.41, 5.74) is 6.67. The third-order valence-corrected chi connectivity index (χ3v) is 5.74. The summed E-state index contributed by atoms with van der Waals surface area (Å²) in [7, 11) is 3.80. The van der Waals surface area contributed by atoms with Crippen molar-refractivity contribution in [1.29, 1.82) is 0 Å². The standard InChI is InChI=1S/C24H22N6O/c1-14-22(15(2)30(4)28-14)20-13-17(16-9-5-6-10-18(16)25-20)23(31)27-24-26-19-11-7-8-12-21(19)29(24)3/h5-13H,1-4H3,(H,26,27,31). The van der Waals surface area contributed by atoms with Gasteiger partial charge in [0.2, 0.25) is 5.95 Å². The molecule has 0 spiro atoms. The Morgan fingerprint density at radius 1 is 0.935 bits per heavy atom. The number of imidazole rings is 1. The van der Waals surface area contributed by atoms with Crippen LogP contribution >= 0.6 is 0 Å². The predicted molar refractivity (Wildman–Crippen MR) is 122 cm³/mol. The van der Waals surface area contributed by atoms with Crippen LogP contribution in [0.2, 0.25) is 0 Å². The Kier molecular flexibility index (Phi) is 4.32. The number of carbonyl (C=O) groups is 1. The van der Waals surface area contributed by atoms with Gasteiger partial charge in [0.25, 0.3) is 5.91 Å². The summed E-state index contributed by atoms with van der Waals surface area (Å²) in [6.07, 6.45) is 0. The van der Waals surface area contributed by atoms with Crippen molar-refractivity contribution < 1.29 is 4.79 Å². The number of para-hydroxylation sites is 3. The zero-order chi connectivity index (χ0) is 21.7. The second kappa shape index (κ2) is 7.05. The molecule has 0 atom stereocenters. The summed E-state index contributed by atoms with van der Waals surface area (Å²) in [6, 6.07) is 17.3. The van der Waals surface area contributed by atoms with E-state index in [4.69, 9.17) is 4.98 Å². The molecule has 31 heavy (non-hydrogen) atoms. The van der Waals surface area contributed by atoms with E-state index in [1.54, 1.807) is 0 Å². The molecule has 0 radical (unpaired) electrons. The second-order valence-electron chi connectivity index (χ2n) is 7.68. The molecular weight excluding hydrogens is 388 g/mol. The average molecular weight is 410 g/mol. The molecule has 0 bridgehead atoms. The molecule has 0 fully saturated rings. The van der Waals surface area contributed by atoms with Crippen molar-refractivity contribution in [2.45, 2.75) is 13.8 Å². The Morgan fingerprint density at radius 3 is 2.35 bits per heavy atom. The summed E-state index contributed by atoms with van der Waals surface area (Å²) in [4.78, 5) is 22.8. The number of hydrogen-bond acceptors (Lipinski definition) is 4. The van der Waals surface area contributed by atoms with Gasteiger partial charge in [-0.2, -0.15) is 5.10 Å². The van der Waals surface area contributed by atoms with Gasteiger partial charge in [0, 0.05) is 30.7 Å². The first kappa shape index (κ1) is 19.0. The van der Waals surface area contributed by atoms with Crippen molar-refractivity contribution in [3.63, 3.8) is 0 Å². The highest BCUT2D eigenvalue weighted by molar-refractivity contribution is 6.13. The average Bonchev–Trinajstić information content (AvgIpc) is 3.22. The van der Waals surface area contributed by atoms with E-state index < -0.39 is 0 Å². The monoisotopic (exact) mass is 410 g/mol. The van der Waals surface area contributed by atoms with Gasteiger partial charge in [-0.3, -0.25) is 14.8 Å². The number of pyridine rings is 1. The third kappa shape index (κ3) is 3.06. The van der Waals surface area contributed by atoms with Crippen LogP contribution < -0.4 is 5.32 Å². The molecule has 0 aliphatic heterocycles. The molecule has 5 rings (SSSR count). The molecule has 2 aromatic carbocycles. The largest absolute Gasteiger partial charge is 0.313 e. The van der Waals surface area contributed by atoms with Crippen molar-refractivity contribution in [2.75, 3.05) is 5.32 Å². The van der Waals surface area contributed by atoms with Gasteiger partial charge in [0.15, 0.2) is 0 Å². The molecule has 3 heterocycles. The van der Waals surface area contributed by atoms with Gasteiger partial charge < -0.3 is 4.57 Å². The number of amides is 1. The maximum Gasteiger partial charge on any atom is 0.258 e. The Bertz CT molecular complexity index is 1480. The van der Waals surface area contributed by atoms with Crippen LogP contribution in [0.1, 0.15) is 21.7 Å². The lowest BCUT2D eigenvalue weighted by molar-refractivity contribution is 0.102. The molecule has 5 aromatic rings. The number of hydrogen-bond donors (Lipinski definition) is 1. The number of carbonyl (C=O) groups excluding carboxylic acids is 1. The fraction of sp³-hybridized carbons (Fsp3) is 0.167. The zero-order valence-corrected chi connectivity index (χ0v) is 17.8. The Hall–Kier alpha value is -4.00. The normalized spacial score (nSPS) is 11.4. The van der Waals surface area contributed by atoms with Crippen LogP contribution in [0.3, 0.4) is 0 Å². The van der Waals surface area contributed by atoms with Gasteiger partial charge in [0.1, 0.15) is 0 Å². The number of benzene rings is 2. The van der Waals surface area contributed by atoms with Crippen molar-refractivity contribution >= 4 is 33.8 Å². The fourth-order valence-electron chi connectivity index (χ4n) is 4.06. The highest BCUT2D eigenvalue weighted by Crippen LogP contribution is 2.29. The molecule has 3 aromatic heterocycles. The third-order valence-electron chi connectivity index (χ3n) is 5.74. The van der Waals surface area contributed by atoms with Crippen LogP contribution in [-0.4, -0.2) is 30.2 Å². The van der Waals surface area contributed by atoms with Crippen molar-refractivity contribution in [2.24, 2.45) is 14.1 Å². The summed E-state index contributed by atoms with van der Waals surface area (Å²) in [5, 5.41) is 8.29. The number of aromatic nitrogens is 5. The minimum Gasteiger partial charge on any atom is -0.313 e. The molecular formula is C24H22N6O. The van der Waals surface area contributed by atoms with Crippen molar-refractivity contribution in [1.82, 2.24) is 24.3 Å². The van der Waals surface area contributed by atoms with Gasteiger partial charge in [-0.1, -0.05) is 30.3 Å². The first-order valence-corrected chi connectivity index (χ1v) is 10.1. The summed E-state index contributed by atoms with van der Waals surface area (Å²) < 4.78 is 3.72. The summed E-state index contributed by atoms with van der Waals surface area (Å²) in [6.45, 7) is 3.96. The molecule has 0 aliphatic carbocycles. The zero-order valence-electron chi connectivity index (χ0n) is 17.8. The van der Waals surface area contributed by atoms with E-state index in [1.807, 2.05) is 91.8 Å². The van der Waals surface area contributed by atoms with E-state index in [2.05, 4.69) is 15.4 Å². The smallest absolute Gasteiger partial charge is 0.258 e.